The minimum absolute atomic E-state index is 0.0577. The summed E-state index contributed by atoms with van der Waals surface area (Å²) in [6.07, 6.45) is 1.64. The van der Waals surface area contributed by atoms with Gasteiger partial charge in [0.25, 0.3) is 0 Å². The van der Waals surface area contributed by atoms with Crippen molar-refractivity contribution in [1.82, 2.24) is 0 Å². The van der Waals surface area contributed by atoms with E-state index in [1.165, 1.54) is 6.07 Å². The monoisotopic (exact) mass is 337 g/mol. The topological polar surface area (TPSA) is 46.6 Å². The van der Waals surface area contributed by atoms with E-state index in [0.29, 0.717) is 23.4 Å². The summed E-state index contributed by atoms with van der Waals surface area (Å²) in [4.78, 5) is 28.5. The number of rotatable bonds is 0. The third-order valence-electron chi connectivity index (χ3n) is 5.78. The zero-order chi connectivity index (χ0) is 17.2. The molecule has 2 atom stereocenters. The van der Waals surface area contributed by atoms with Crippen LogP contribution in [0.15, 0.2) is 42.5 Å². The number of ketones is 1. The zero-order valence-electron chi connectivity index (χ0n) is 13.5. The third kappa shape index (κ3) is 1.75. The number of hydrogen-bond donors (Lipinski definition) is 0. The van der Waals surface area contributed by atoms with E-state index in [2.05, 4.69) is 0 Å². The summed E-state index contributed by atoms with van der Waals surface area (Å²) in [5.41, 5.74) is 0.284. The Kier molecular flexibility index (Phi) is 2.87. The lowest BCUT2D eigenvalue weighted by Gasteiger charge is -2.47. The molecule has 1 spiro atoms. The lowest BCUT2D eigenvalue weighted by atomic mass is 9.65. The van der Waals surface area contributed by atoms with Gasteiger partial charge in [0.05, 0.1) is 11.6 Å². The van der Waals surface area contributed by atoms with Crippen LogP contribution in [0.4, 0.5) is 10.1 Å². The Bertz CT molecular complexity index is 925. The number of fused-ring (bicyclic) bond motifs is 5. The Labute approximate surface area is 144 Å². The summed E-state index contributed by atoms with van der Waals surface area (Å²) in [6, 6.07) is 11.4. The highest BCUT2D eigenvalue weighted by molar-refractivity contribution is 6.18. The maximum absolute atomic E-state index is 14.5. The van der Waals surface area contributed by atoms with Crippen molar-refractivity contribution < 1.29 is 18.7 Å². The number of para-hydroxylation sites is 1. The van der Waals surface area contributed by atoms with Crippen molar-refractivity contribution >= 4 is 17.4 Å². The van der Waals surface area contributed by atoms with Crippen molar-refractivity contribution in [2.24, 2.45) is 5.41 Å². The number of hydrogen-bond acceptors (Lipinski definition) is 4. The van der Waals surface area contributed by atoms with Gasteiger partial charge in [-0.05, 0) is 37.1 Å². The normalized spacial score (nSPS) is 26.9. The second kappa shape index (κ2) is 4.91. The Morgan fingerprint density at radius 2 is 1.96 bits per heavy atom. The van der Waals surface area contributed by atoms with Crippen LogP contribution in [0.3, 0.4) is 0 Å². The second-order valence-corrected chi connectivity index (χ2v) is 6.95. The lowest BCUT2D eigenvalue weighted by molar-refractivity contribution is -0.145. The first-order valence-electron chi connectivity index (χ1n) is 8.53. The highest BCUT2D eigenvalue weighted by Gasteiger charge is 2.61. The number of esters is 1. The molecular formula is C20H16FNO3. The van der Waals surface area contributed by atoms with Gasteiger partial charge in [0.15, 0.2) is 11.2 Å². The highest BCUT2D eigenvalue weighted by Crippen LogP contribution is 2.51. The molecule has 0 amide bonds. The molecular weight excluding hydrogens is 321 g/mol. The predicted octanol–water partition coefficient (Wildman–Crippen LogP) is 3.14. The Morgan fingerprint density at radius 3 is 2.84 bits per heavy atom. The van der Waals surface area contributed by atoms with Gasteiger partial charge >= 0.3 is 5.97 Å². The smallest absolute Gasteiger partial charge is 0.327 e. The van der Waals surface area contributed by atoms with Crippen LogP contribution in [-0.2, 0) is 11.2 Å². The van der Waals surface area contributed by atoms with E-state index in [1.807, 2.05) is 11.0 Å². The van der Waals surface area contributed by atoms with Gasteiger partial charge in [0.2, 0.25) is 0 Å². The predicted molar refractivity (Wildman–Crippen MR) is 89.3 cm³/mol. The number of ether oxygens (including phenoxy) is 1. The summed E-state index contributed by atoms with van der Waals surface area (Å²) < 4.78 is 20.1. The van der Waals surface area contributed by atoms with Crippen LogP contribution in [0.25, 0.3) is 0 Å². The molecule has 0 unspecified atom stereocenters. The molecule has 1 saturated heterocycles. The first kappa shape index (κ1) is 14.6. The first-order valence-corrected chi connectivity index (χ1v) is 8.53. The van der Waals surface area contributed by atoms with Crippen LogP contribution in [-0.4, -0.2) is 24.3 Å². The van der Waals surface area contributed by atoms with Gasteiger partial charge < -0.3 is 9.64 Å². The van der Waals surface area contributed by atoms with Crippen molar-refractivity contribution in [3.8, 4) is 5.75 Å². The van der Waals surface area contributed by atoms with E-state index in [1.54, 1.807) is 30.3 Å². The quantitative estimate of drug-likeness (QED) is 0.421. The molecule has 0 bridgehead atoms. The number of nitrogens with zero attached hydrogens (tertiary/aromatic N) is 1. The lowest BCUT2D eigenvalue weighted by Crippen LogP contribution is -2.61. The summed E-state index contributed by atoms with van der Waals surface area (Å²) in [7, 11) is 0. The van der Waals surface area contributed by atoms with Crippen LogP contribution in [0, 0.1) is 11.2 Å². The molecule has 1 fully saturated rings. The fraction of sp³-hybridized carbons (Fsp3) is 0.300. The maximum Gasteiger partial charge on any atom is 0.327 e. The average Bonchev–Trinajstić information content (AvgIpc) is 3.11. The van der Waals surface area contributed by atoms with E-state index in [0.717, 1.165) is 18.5 Å². The van der Waals surface area contributed by atoms with E-state index < -0.39 is 11.4 Å². The number of halogens is 1. The average molecular weight is 337 g/mol. The molecule has 0 aliphatic carbocycles. The van der Waals surface area contributed by atoms with Crippen LogP contribution in [0.1, 0.15) is 28.8 Å². The van der Waals surface area contributed by atoms with Gasteiger partial charge in [0.1, 0.15) is 11.6 Å². The fourth-order valence-corrected chi connectivity index (χ4v) is 4.66. The Morgan fingerprint density at radius 1 is 1.12 bits per heavy atom. The summed E-state index contributed by atoms with van der Waals surface area (Å²) >= 11 is 0. The SMILES string of the molecule is O=C1Oc2ccccc2C(=O)[C@]12Cc1c(F)cccc1N1CCC[C@@H]12. The molecule has 3 heterocycles. The van der Waals surface area contributed by atoms with E-state index >= 15 is 0 Å². The largest absolute Gasteiger partial charge is 0.425 e. The Hall–Kier alpha value is -2.69. The molecule has 4 nitrogen and oxygen atoms in total. The maximum atomic E-state index is 14.5. The standard InChI is InChI=1S/C20H16FNO3/c21-14-6-3-7-15-13(14)11-20(17-9-4-10-22(15)17)18(23)12-5-1-2-8-16(12)25-19(20)24/h1-3,5-8,17H,4,9-11H2/t17-,20-/m1/s1. The van der Waals surface area contributed by atoms with E-state index in [-0.39, 0.29) is 24.1 Å². The van der Waals surface area contributed by atoms with Crippen molar-refractivity contribution in [1.29, 1.82) is 0 Å². The molecule has 0 N–H and O–H groups in total. The highest BCUT2D eigenvalue weighted by atomic mass is 19.1. The molecule has 2 aromatic carbocycles. The molecule has 3 aliphatic rings. The van der Waals surface area contributed by atoms with Crippen molar-refractivity contribution in [2.45, 2.75) is 25.3 Å². The number of anilines is 1. The molecule has 5 heteroatoms. The molecule has 126 valence electrons. The molecule has 2 aromatic rings. The van der Waals surface area contributed by atoms with Crippen LogP contribution < -0.4 is 9.64 Å². The third-order valence-corrected chi connectivity index (χ3v) is 5.78. The van der Waals surface area contributed by atoms with Gasteiger partial charge in [0, 0.05) is 24.2 Å². The minimum Gasteiger partial charge on any atom is -0.425 e. The van der Waals surface area contributed by atoms with Gasteiger partial charge in [-0.3, -0.25) is 9.59 Å². The summed E-state index contributed by atoms with van der Waals surface area (Å²) in [5, 5.41) is 0. The summed E-state index contributed by atoms with van der Waals surface area (Å²) in [5.74, 6) is -0.874. The minimum atomic E-state index is -1.36. The van der Waals surface area contributed by atoms with E-state index in [4.69, 9.17) is 4.74 Å². The molecule has 0 saturated carbocycles. The van der Waals surface area contributed by atoms with Crippen molar-refractivity contribution in [3.63, 3.8) is 0 Å². The van der Waals surface area contributed by atoms with Gasteiger partial charge in [-0.1, -0.05) is 18.2 Å². The van der Waals surface area contributed by atoms with Crippen molar-refractivity contribution in [2.75, 3.05) is 11.4 Å². The van der Waals surface area contributed by atoms with Gasteiger partial charge in [-0.15, -0.1) is 0 Å². The number of Topliss-reactive ketones (excluding diaryl/α,β-unsaturated/α-hetero) is 1. The zero-order valence-corrected chi connectivity index (χ0v) is 13.5. The molecule has 0 aromatic heterocycles. The van der Waals surface area contributed by atoms with Gasteiger partial charge in [-0.2, -0.15) is 0 Å². The summed E-state index contributed by atoms with van der Waals surface area (Å²) in [6.45, 7) is 0.713. The van der Waals surface area contributed by atoms with Crippen LogP contribution >= 0.6 is 0 Å². The molecule has 25 heavy (non-hydrogen) atoms. The van der Waals surface area contributed by atoms with Gasteiger partial charge in [-0.25, -0.2) is 4.39 Å². The molecule has 0 radical (unpaired) electrons. The van der Waals surface area contributed by atoms with Crippen LogP contribution in [0.5, 0.6) is 5.75 Å². The van der Waals surface area contributed by atoms with E-state index in [9.17, 15) is 14.0 Å². The number of carbonyl (C=O) groups is 2. The van der Waals surface area contributed by atoms with Crippen LogP contribution in [0.2, 0.25) is 0 Å². The first-order chi connectivity index (χ1) is 12.1. The molecule has 5 rings (SSSR count). The fourth-order valence-electron chi connectivity index (χ4n) is 4.66. The number of carbonyl (C=O) groups excluding carboxylic acids is 2. The van der Waals surface area contributed by atoms with Crippen molar-refractivity contribution in [3.05, 3.63) is 59.4 Å². The second-order valence-electron chi connectivity index (χ2n) is 6.95. The Balaban J connectivity index is 1.75. The number of benzene rings is 2. The molecule has 3 aliphatic heterocycles.